The molecule has 1 aromatic rings. The third-order valence-corrected chi connectivity index (χ3v) is 3.07. The van der Waals surface area contributed by atoms with Gasteiger partial charge in [-0.2, -0.15) is 0 Å². The van der Waals surface area contributed by atoms with Crippen LogP contribution in [0, 0.1) is 0 Å². The van der Waals surface area contributed by atoms with Crippen molar-refractivity contribution in [2.24, 2.45) is 0 Å². The van der Waals surface area contributed by atoms with Crippen LogP contribution in [0.5, 0.6) is 0 Å². The van der Waals surface area contributed by atoms with Gasteiger partial charge in [-0.05, 0) is 37.5 Å². The van der Waals surface area contributed by atoms with Gasteiger partial charge >= 0.3 is 0 Å². The second-order valence-corrected chi connectivity index (χ2v) is 4.43. The summed E-state index contributed by atoms with van der Waals surface area (Å²) in [6, 6.07) is 4.29. The van der Waals surface area contributed by atoms with E-state index >= 15 is 0 Å². The second kappa shape index (κ2) is 5.27. The number of hydrogen-bond donors (Lipinski definition) is 0. The zero-order valence-corrected chi connectivity index (χ0v) is 10.3. The predicted octanol–water partition coefficient (Wildman–Crippen LogP) is 1.61. The number of ether oxygens (including phenoxy) is 1. The Morgan fingerprint density at radius 3 is 2.71 bits per heavy atom. The molecule has 1 fully saturated rings. The average molecular weight is 234 g/mol. The molecule has 4 heteroatoms. The fourth-order valence-corrected chi connectivity index (χ4v) is 1.79. The van der Waals surface area contributed by atoms with Crippen LogP contribution >= 0.6 is 0 Å². The van der Waals surface area contributed by atoms with Crippen molar-refractivity contribution in [1.29, 1.82) is 0 Å². The summed E-state index contributed by atoms with van der Waals surface area (Å²) in [5.41, 5.74) is 1.11. The van der Waals surface area contributed by atoms with E-state index in [-0.39, 0.29) is 12.0 Å². The zero-order chi connectivity index (χ0) is 12.3. The first kappa shape index (κ1) is 12.0. The van der Waals surface area contributed by atoms with Gasteiger partial charge in [0.05, 0.1) is 0 Å². The van der Waals surface area contributed by atoms with E-state index in [4.69, 9.17) is 4.74 Å². The van der Waals surface area contributed by atoms with Crippen LogP contribution in [0.3, 0.4) is 0 Å². The number of pyridine rings is 1. The molecule has 1 heterocycles. The van der Waals surface area contributed by atoms with Crippen LogP contribution in [0.1, 0.15) is 25.3 Å². The number of carbonyl (C=O) groups excluding carboxylic acids is 1. The third kappa shape index (κ3) is 3.03. The predicted molar refractivity (Wildman–Crippen MR) is 64.3 cm³/mol. The summed E-state index contributed by atoms with van der Waals surface area (Å²) in [5, 5.41) is 0. The maximum Gasteiger partial charge on any atom is 0.251 e. The number of hydrogen-bond acceptors (Lipinski definition) is 3. The van der Waals surface area contributed by atoms with Gasteiger partial charge in [0.15, 0.2) is 0 Å². The van der Waals surface area contributed by atoms with Crippen LogP contribution in [0.2, 0.25) is 0 Å². The Hall–Kier alpha value is -1.42. The fraction of sp³-hybridized carbons (Fsp3) is 0.538. The third-order valence-electron chi connectivity index (χ3n) is 3.07. The minimum absolute atomic E-state index is 0.0758. The largest absolute Gasteiger partial charge is 0.372 e. The minimum atomic E-state index is -0.363. The smallest absolute Gasteiger partial charge is 0.251 e. The summed E-state index contributed by atoms with van der Waals surface area (Å²) in [4.78, 5) is 18.0. The highest BCUT2D eigenvalue weighted by Crippen LogP contribution is 2.29. The number of aromatic nitrogens is 1. The first-order valence-corrected chi connectivity index (χ1v) is 5.94. The number of methoxy groups -OCH3 is 1. The Labute approximate surface area is 102 Å². The van der Waals surface area contributed by atoms with Crippen molar-refractivity contribution >= 4 is 5.91 Å². The van der Waals surface area contributed by atoms with E-state index in [1.54, 1.807) is 26.4 Å². The molecular weight excluding hydrogens is 216 g/mol. The molecule has 4 nitrogen and oxygen atoms in total. The zero-order valence-electron chi connectivity index (χ0n) is 10.3. The van der Waals surface area contributed by atoms with Gasteiger partial charge in [-0.25, -0.2) is 0 Å². The number of nitrogens with zero attached hydrogens (tertiary/aromatic N) is 2. The molecule has 0 N–H and O–H groups in total. The highest BCUT2D eigenvalue weighted by atomic mass is 16.5. The number of amides is 1. The lowest BCUT2D eigenvalue weighted by Crippen LogP contribution is -2.39. The molecule has 1 aliphatic rings. The molecule has 0 spiro atoms. The summed E-state index contributed by atoms with van der Waals surface area (Å²) < 4.78 is 5.11. The highest BCUT2D eigenvalue weighted by molar-refractivity contribution is 5.81. The summed E-state index contributed by atoms with van der Waals surface area (Å²) in [5.74, 6) is 0.0758. The lowest BCUT2D eigenvalue weighted by Gasteiger charge is -2.25. The van der Waals surface area contributed by atoms with Crippen molar-refractivity contribution in [2.45, 2.75) is 38.5 Å². The summed E-state index contributed by atoms with van der Waals surface area (Å²) in [6.07, 6.45) is 5.35. The Kier molecular flexibility index (Phi) is 3.74. The summed E-state index contributed by atoms with van der Waals surface area (Å²) >= 11 is 0. The van der Waals surface area contributed by atoms with E-state index in [0.717, 1.165) is 18.4 Å². The van der Waals surface area contributed by atoms with Crippen molar-refractivity contribution in [1.82, 2.24) is 9.88 Å². The topological polar surface area (TPSA) is 42.4 Å². The van der Waals surface area contributed by atoms with Crippen LogP contribution in [0.15, 0.2) is 24.5 Å². The second-order valence-electron chi connectivity index (χ2n) is 4.43. The molecule has 0 bridgehead atoms. The minimum Gasteiger partial charge on any atom is -0.372 e. The van der Waals surface area contributed by atoms with Crippen LogP contribution < -0.4 is 0 Å². The average Bonchev–Trinajstić information content (AvgIpc) is 3.19. The lowest BCUT2D eigenvalue weighted by molar-refractivity contribution is -0.142. The molecule has 1 amide bonds. The van der Waals surface area contributed by atoms with Crippen LogP contribution in [0.4, 0.5) is 0 Å². The van der Waals surface area contributed by atoms with Crippen molar-refractivity contribution in [3.63, 3.8) is 0 Å². The molecule has 0 aliphatic heterocycles. The molecular formula is C13H18N2O2. The molecule has 1 aliphatic carbocycles. The van der Waals surface area contributed by atoms with Crippen molar-refractivity contribution < 1.29 is 9.53 Å². The van der Waals surface area contributed by atoms with Gasteiger partial charge in [0.25, 0.3) is 5.91 Å². The molecule has 0 saturated heterocycles. The summed E-state index contributed by atoms with van der Waals surface area (Å²) in [7, 11) is 1.57. The van der Waals surface area contributed by atoms with E-state index in [9.17, 15) is 4.79 Å². The Morgan fingerprint density at radius 2 is 2.18 bits per heavy atom. The van der Waals surface area contributed by atoms with Gasteiger partial charge in [0.1, 0.15) is 6.10 Å². The van der Waals surface area contributed by atoms with Crippen molar-refractivity contribution in [3.8, 4) is 0 Å². The van der Waals surface area contributed by atoms with E-state index < -0.39 is 0 Å². The molecule has 1 aromatic heterocycles. The molecule has 0 radical (unpaired) electrons. The quantitative estimate of drug-likeness (QED) is 0.777. The molecule has 2 rings (SSSR count). The summed E-state index contributed by atoms with van der Waals surface area (Å²) in [6.45, 7) is 2.45. The Morgan fingerprint density at radius 1 is 1.53 bits per heavy atom. The Balaban J connectivity index is 2.05. The first-order chi connectivity index (χ1) is 8.22. The Bertz CT molecular complexity index is 376. The van der Waals surface area contributed by atoms with E-state index in [0.29, 0.717) is 12.6 Å². The number of carbonyl (C=O) groups is 1. The van der Waals surface area contributed by atoms with Crippen LogP contribution in [-0.2, 0) is 16.1 Å². The molecule has 0 aromatic carbocycles. The molecule has 0 unspecified atom stereocenters. The molecule has 1 saturated carbocycles. The van der Waals surface area contributed by atoms with Gasteiger partial charge in [-0.3, -0.25) is 9.78 Å². The van der Waals surface area contributed by atoms with Gasteiger partial charge in [-0.15, -0.1) is 0 Å². The normalized spacial score (nSPS) is 16.6. The standard InChI is InChI=1S/C13H18N2O2/c1-10(17-2)13(16)15(12-3-4-12)9-11-5-7-14-8-6-11/h5-8,10,12H,3-4,9H2,1-2H3/t10-/m1/s1. The van der Waals surface area contributed by atoms with Crippen LogP contribution in [-0.4, -0.2) is 35.0 Å². The fourth-order valence-electron chi connectivity index (χ4n) is 1.79. The first-order valence-electron chi connectivity index (χ1n) is 5.94. The lowest BCUT2D eigenvalue weighted by atomic mass is 10.2. The van der Waals surface area contributed by atoms with Gasteiger partial charge in [-0.1, -0.05) is 0 Å². The van der Waals surface area contributed by atoms with E-state index in [1.165, 1.54) is 0 Å². The van der Waals surface area contributed by atoms with Gasteiger partial charge < -0.3 is 9.64 Å². The van der Waals surface area contributed by atoms with Gasteiger partial charge in [0.2, 0.25) is 0 Å². The maximum atomic E-state index is 12.1. The SMILES string of the molecule is CO[C@H](C)C(=O)N(Cc1ccncc1)C1CC1. The van der Waals surface area contributed by atoms with Gasteiger partial charge in [0, 0.05) is 32.1 Å². The number of rotatable bonds is 5. The maximum absolute atomic E-state index is 12.1. The van der Waals surface area contributed by atoms with E-state index in [2.05, 4.69) is 4.98 Å². The van der Waals surface area contributed by atoms with E-state index in [1.807, 2.05) is 17.0 Å². The van der Waals surface area contributed by atoms with Crippen molar-refractivity contribution in [2.75, 3.05) is 7.11 Å². The highest BCUT2D eigenvalue weighted by Gasteiger charge is 2.34. The molecule has 92 valence electrons. The molecule has 17 heavy (non-hydrogen) atoms. The molecule has 1 atom stereocenters. The van der Waals surface area contributed by atoms with Crippen molar-refractivity contribution in [3.05, 3.63) is 30.1 Å². The monoisotopic (exact) mass is 234 g/mol. The van der Waals surface area contributed by atoms with Crippen LogP contribution in [0.25, 0.3) is 0 Å².